The minimum atomic E-state index is -4.59. The molecule has 1 aromatic carbocycles. The highest BCUT2D eigenvalue weighted by molar-refractivity contribution is 5.97. The highest BCUT2D eigenvalue weighted by atomic mass is 19.4. The fourth-order valence-electron chi connectivity index (χ4n) is 3.59. The Kier molecular flexibility index (Phi) is 7.52. The molecule has 2 N–H and O–H groups in total. The first-order chi connectivity index (χ1) is 15.7. The van der Waals surface area contributed by atoms with Crippen molar-refractivity contribution in [1.29, 1.82) is 0 Å². The first-order valence-electron chi connectivity index (χ1n) is 10.3. The van der Waals surface area contributed by atoms with Gasteiger partial charge in [0.2, 0.25) is 6.10 Å². The molecule has 1 aliphatic rings. The Morgan fingerprint density at radius 3 is 2.55 bits per heavy atom. The number of aromatic nitrogens is 1. The second-order valence-electron chi connectivity index (χ2n) is 7.45. The molecule has 3 amide bonds. The maximum atomic E-state index is 13.4. The molecule has 0 saturated carbocycles. The van der Waals surface area contributed by atoms with Crippen LogP contribution in [0.1, 0.15) is 30.1 Å². The predicted octanol–water partition coefficient (Wildman–Crippen LogP) is 3.06. The molecular weight excluding hydrogens is 441 g/mol. The maximum absolute atomic E-state index is 13.4. The maximum Gasteiger partial charge on any atom is 0.419 e. The van der Waals surface area contributed by atoms with Gasteiger partial charge in [-0.1, -0.05) is 30.3 Å². The molecule has 176 valence electrons. The number of anilines is 1. The summed E-state index contributed by atoms with van der Waals surface area (Å²) in [5, 5.41) is 4.33. The third-order valence-electron chi connectivity index (χ3n) is 5.18. The van der Waals surface area contributed by atoms with Crippen molar-refractivity contribution >= 4 is 23.7 Å². The van der Waals surface area contributed by atoms with Crippen molar-refractivity contribution in [1.82, 2.24) is 15.6 Å². The van der Waals surface area contributed by atoms with Gasteiger partial charge in [0.15, 0.2) is 0 Å². The monoisotopic (exact) mass is 464 g/mol. The van der Waals surface area contributed by atoms with E-state index in [0.717, 1.165) is 6.07 Å². The molecule has 3 rings (SSSR count). The third-order valence-corrected chi connectivity index (χ3v) is 5.18. The zero-order valence-corrected chi connectivity index (χ0v) is 17.8. The summed E-state index contributed by atoms with van der Waals surface area (Å²) in [6.45, 7) is 0.251. The van der Waals surface area contributed by atoms with Crippen molar-refractivity contribution < 1.29 is 32.3 Å². The number of nitrogens with zero attached hydrogens (tertiary/aromatic N) is 2. The number of ether oxygens (including phenoxy) is 1. The summed E-state index contributed by atoms with van der Waals surface area (Å²) in [5.74, 6) is -2.61. The molecule has 0 radical (unpaired) electrons. The van der Waals surface area contributed by atoms with Crippen LogP contribution in [0.2, 0.25) is 0 Å². The molecule has 8 nitrogen and oxygen atoms in total. The second kappa shape index (κ2) is 10.3. The zero-order chi connectivity index (χ0) is 24.0. The number of benzene rings is 1. The number of hydrogen-bond acceptors (Lipinski definition) is 6. The number of hydrogen-bond donors (Lipinski definition) is 2. The van der Waals surface area contributed by atoms with Gasteiger partial charge in [-0.05, 0) is 25.0 Å². The summed E-state index contributed by atoms with van der Waals surface area (Å²) in [6, 6.07) is 9.52. The minimum Gasteiger partial charge on any atom is -0.447 e. The number of esters is 1. The van der Waals surface area contributed by atoms with Crippen LogP contribution in [0.3, 0.4) is 0 Å². The Morgan fingerprint density at radius 2 is 1.88 bits per heavy atom. The number of pyridine rings is 1. The Hall–Kier alpha value is -3.63. The van der Waals surface area contributed by atoms with E-state index in [-0.39, 0.29) is 12.4 Å². The second-order valence-corrected chi connectivity index (χ2v) is 7.45. The lowest BCUT2D eigenvalue weighted by atomic mass is 9.97. The number of amides is 3. The van der Waals surface area contributed by atoms with Gasteiger partial charge in [0.1, 0.15) is 5.82 Å². The lowest BCUT2D eigenvalue weighted by Crippen LogP contribution is -2.44. The number of alkyl halides is 3. The fourth-order valence-corrected chi connectivity index (χ4v) is 3.59. The van der Waals surface area contributed by atoms with E-state index in [1.165, 1.54) is 24.2 Å². The summed E-state index contributed by atoms with van der Waals surface area (Å²) in [6.07, 6.45) is -3.91. The van der Waals surface area contributed by atoms with Gasteiger partial charge in [-0.25, -0.2) is 9.78 Å². The Balaban J connectivity index is 1.78. The Bertz CT molecular complexity index is 1000. The molecule has 2 unspecified atom stereocenters. The van der Waals surface area contributed by atoms with Gasteiger partial charge >= 0.3 is 18.2 Å². The SMILES string of the molecule is CNC(=O)NC(=O)C(OC(=O)C1CCCN(c2ncccc2C(F)(F)F)C1)c1ccccc1. The molecule has 0 aliphatic carbocycles. The molecule has 1 aliphatic heterocycles. The van der Waals surface area contributed by atoms with Crippen LogP contribution in [0, 0.1) is 5.92 Å². The first-order valence-corrected chi connectivity index (χ1v) is 10.3. The van der Waals surface area contributed by atoms with Crippen molar-refractivity contribution in [3.05, 3.63) is 59.8 Å². The average Bonchev–Trinajstić information content (AvgIpc) is 2.82. The highest BCUT2D eigenvalue weighted by Crippen LogP contribution is 2.36. The van der Waals surface area contributed by atoms with Gasteiger partial charge in [-0.2, -0.15) is 13.2 Å². The summed E-state index contributed by atoms with van der Waals surface area (Å²) in [5.41, 5.74) is -0.532. The molecule has 2 atom stereocenters. The smallest absolute Gasteiger partial charge is 0.419 e. The molecular formula is C22H23F3N4O4. The minimum absolute atomic E-state index is 0.0441. The summed E-state index contributed by atoms with van der Waals surface area (Å²) in [7, 11) is 1.33. The first kappa shape index (κ1) is 24.0. The van der Waals surface area contributed by atoms with Crippen molar-refractivity contribution in [2.75, 3.05) is 25.0 Å². The van der Waals surface area contributed by atoms with Crippen LogP contribution in [0.4, 0.5) is 23.8 Å². The van der Waals surface area contributed by atoms with E-state index in [9.17, 15) is 27.6 Å². The van der Waals surface area contributed by atoms with E-state index in [1.54, 1.807) is 30.3 Å². The van der Waals surface area contributed by atoms with Gasteiger partial charge in [0, 0.05) is 31.9 Å². The van der Waals surface area contributed by atoms with E-state index < -0.39 is 41.7 Å². The molecule has 1 aromatic heterocycles. The number of urea groups is 1. The van der Waals surface area contributed by atoms with Crippen LogP contribution < -0.4 is 15.5 Å². The van der Waals surface area contributed by atoms with Crippen LogP contribution in [0.25, 0.3) is 0 Å². The lowest BCUT2D eigenvalue weighted by Gasteiger charge is -2.34. The topological polar surface area (TPSA) is 101 Å². The molecule has 11 heteroatoms. The van der Waals surface area contributed by atoms with Crippen molar-refractivity contribution in [2.45, 2.75) is 25.1 Å². The fraction of sp³-hybridized carbons (Fsp3) is 0.364. The molecule has 0 spiro atoms. The number of halogens is 3. The van der Waals surface area contributed by atoms with Crippen molar-refractivity contribution in [3.8, 4) is 0 Å². The lowest BCUT2D eigenvalue weighted by molar-refractivity contribution is -0.160. The standard InChI is InChI=1S/C22H23F3N4O4/c1-26-21(32)28-19(30)17(14-7-3-2-4-8-14)33-20(31)15-9-6-12-29(13-15)18-16(22(23,24)25)10-5-11-27-18/h2-5,7-8,10-11,15,17H,6,9,12-13H2,1H3,(H2,26,28,30,32). The zero-order valence-electron chi connectivity index (χ0n) is 17.8. The van der Waals surface area contributed by atoms with Crippen molar-refractivity contribution in [2.24, 2.45) is 5.92 Å². The third kappa shape index (κ3) is 5.99. The summed E-state index contributed by atoms with van der Waals surface area (Å²) in [4.78, 5) is 42.4. The molecule has 0 bridgehead atoms. The molecule has 2 heterocycles. The van der Waals surface area contributed by atoms with Crippen LogP contribution in [0.15, 0.2) is 48.7 Å². The normalized spacial score (nSPS) is 17.1. The quantitative estimate of drug-likeness (QED) is 0.660. The average molecular weight is 464 g/mol. The Labute approximate surface area is 188 Å². The van der Waals surface area contributed by atoms with Gasteiger partial charge < -0.3 is 15.0 Å². The number of carbonyl (C=O) groups excluding carboxylic acids is 3. The van der Waals surface area contributed by atoms with Crippen molar-refractivity contribution in [3.63, 3.8) is 0 Å². The van der Waals surface area contributed by atoms with Crippen LogP contribution >= 0.6 is 0 Å². The number of carbonyl (C=O) groups is 3. The molecule has 2 aromatic rings. The van der Waals surface area contributed by atoms with Crippen LogP contribution in [-0.4, -0.2) is 43.0 Å². The van der Waals surface area contributed by atoms with Crippen LogP contribution in [-0.2, 0) is 20.5 Å². The van der Waals surface area contributed by atoms with E-state index >= 15 is 0 Å². The van der Waals surface area contributed by atoms with E-state index in [2.05, 4.69) is 15.6 Å². The molecule has 1 fully saturated rings. The Morgan fingerprint density at radius 1 is 1.15 bits per heavy atom. The molecule has 1 saturated heterocycles. The van der Waals surface area contributed by atoms with Crippen LogP contribution in [0.5, 0.6) is 0 Å². The highest BCUT2D eigenvalue weighted by Gasteiger charge is 2.38. The van der Waals surface area contributed by atoms with E-state index in [1.807, 2.05) is 0 Å². The number of nitrogens with one attached hydrogen (secondary N) is 2. The molecule has 33 heavy (non-hydrogen) atoms. The van der Waals surface area contributed by atoms with Gasteiger partial charge in [0.25, 0.3) is 5.91 Å². The summed E-state index contributed by atoms with van der Waals surface area (Å²) < 4.78 is 45.7. The van der Waals surface area contributed by atoms with Gasteiger partial charge in [0.05, 0.1) is 11.5 Å². The van der Waals surface area contributed by atoms with Gasteiger partial charge in [-0.3, -0.25) is 14.9 Å². The largest absolute Gasteiger partial charge is 0.447 e. The number of imide groups is 1. The number of piperidine rings is 1. The van der Waals surface area contributed by atoms with E-state index in [0.29, 0.717) is 24.9 Å². The predicted molar refractivity (Wildman–Crippen MR) is 112 cm³/mol. The van der Waals surface area contributed by atoms with E-state index in [4.69, 9.17) is 4.74 Å². The number of rotatable bonds is 5. The van der Waals surface area contributed by atoms with Gasteiger partial charge in [-0.15, -0.1) is 0 Å². The summed E-state index contributed by atoms with van der Waals surface area (Å²) >= 11 is 0.